The van der Waals surface area contributed by atoms with Crippen LogP contribution in [0.15, 0.2) is 24.3 Å². The van der Waals surface area contributed by atoms with Gasteiger partial charge in [-0.3, -0.25) is 14.4 Å². The third-order valence-electron chi connectivity index (χ3n) is 2.89. The fraction of sp³-hybridized carbons (Fsp3) is 0.400. The Bertz CT molecular complexity index is 531. The summed E-state index contributed by atoms with van der Waals surface area (Å²) in [6, 6.07) is 6.78. The Balaban J connectivity index is 2.53. The molecule has 0 unspecified atom stereocenters. The summed E-state index contributed by atoms with van der Waals surface area (Å²) in [6.07, 6.45) is 0.265. The van der Waals surface area contributed by atoms with Gasteiger partial charge in [0.2, 0.25) is 11.8 Å². The number of hydrogen-bond donors (Lipinski definition) is 2. The molecule has 0 aliphatic carbocycles. The average molecular weight is 418 g/mol. The molecule has 0 heterocycles. The van der Waals surface area contributed by atoms with Crippen molar-refractivity contribution in [1.29, 1.82) is 0 Å². The predicted octanol–water partition coefficient (Wildman–Crippen LogP) is 1.15. The average Bonchev–Trinajstić information content (AvgIpc) is 2.47. The first-order valence-electron chi connectivity index (χ1n) is 6.91. The largest absolute Gasteiger partial charge is 0.466 e. The van der Waals surface area contributed by atoms with Gasteiger partial charge in [0, 0.05) is 16.4 Å². The van der Waals surface area contributed by atoms with E-state index in [1.54, 1.807) is 6.92 Å². The zero-order valence-corrected chi connectivity index (χ0v) is 14.5. The van der Waals surface area contributed by atoms with E-state index in [1.165, 1.54) is 0 Å². The van der Waals surface area contributed by atoms with Gasteiger partial charge >= 0.3 is 5.97 Å². The van der Waals surface area contributed by atoms with Crippen LogP contribution >= 0.6 is 22.6 Å². The van der Waals surface area contributed by atoms with E-state index in [9.17, 15) is 14.4 Å². The van der Waals surface area contributed by atoms with Gasteiger partial charge in [-0.15, -0.1) is 0 Å². The molecule has 1 rings (SSSR count). The van der Waals surface area contributed by atoms with Gasteiger partial charge in [0.05, 0.1) is 13.0 Å². The number of benzene rings is 1. The van der Waals surface area contributed by atoms with Gasteiger partial charge in [0.15, 0.2) is 0 Å². The van der Waals surface area contributed by atoms with Crippen LogP contribution in [0.1, 0.15) is 25.3 Å². The summed E-state index contributed by atoms with van der Waals surface area (Å²) in [6.45, 7) is 1.97. The topological polar surface area (TPSA) is 98.5 Å². The van der Waals surface area contributed by atoms with Crippen molar-refractivity contribution in [2.24, 2.45) is 5.73 Å². The molecule has 6 nitrogen and oxygen atoms in total. The summed E-state index contributed by atoms with van der Waals surface area (Å²) in [5.74, 6) is -1.45. The van der Waals surface area contributed by atoms with Crippen molar-refractivity contribution in [1.82, 2.24) is 5.32 Å². The van der Waals surface area contributed by atoms with Crippen molar-refractivity contribution in [3.63, 3.8) is 0 Å². The molecular formula is C15H19IN2O4. The SMILES string of the molecule is CCOC(=O)CCC(=O)N[C@@H](Cc1ccc(I)cc1)C(N)=O. The molecule has 0 saturated carbocycles. The minimum absolute atomic E-state index is 0.0192. The zero-order valence-electron chi connectivity index (χ0n) is 12.3. The fourth-order valence-electron chi connectivity index (χ4n) is 1.79. The van der Waals surface area contributed by atoms with Crippen LogP contribution in [-0.4, -0.2) is 30.4 Å². The summed E-state index contributed by atoms with van der Waals surface area (Å²) < 4.78 is 5.82. The molecule has 120 valence electrons. The molecule has 0 saturated heterocycles. The lowest BCUT2D eigenvalue weighted by Gasteiger charge is -2.15. The number of esters is 1. The Kier molecular flexibility index (Phi) is 7.86. The van der Waals surface area contributed by atoms with Crippen LogP contribution in [0.4, 0.5) is 0 Å². The molecule has 2 amide bonds. The summed E-state index contributed by atoms with van der Waals surface area (Å²) in [5.41, 5.74) is 6.22. The first-order chi connectivity index (χ1) is 10.4. The number of rotatable bonds is 8. The fourth-order valence-corrected chi connectivity index (χ4v) is 2.15. The van der Waals surface area contributed by atoms with Crippen molar-refractivity contribution in [3.05, 3.63) is 33.4 Å². The Labute approximate surface area is 142 Å². The summed E-state index contributed by atoms with van der Waals surface area (Å²) in [4.78, 5) is 34.4. The van der Waals surface area contributed by atoms with Crippen molar-refractivity contribution in [3.8, 4) is 0 Å². The lowest BCUT2D eigenvalue weighted by atomic mass is 10.1. The van der Waals surface area contributed by atoms with Crippen LogP contribution < -0.4 is 11.1 Å². The second-order valence-electron chi connectivity index (χ2n) is 4.66. The molecular weight excluding hydrogens is 399 g/mol. The van der Waals surface area contributed by atoms with Crippen molar-refractivity contribution in [2.75, 3.05) is 6.61 Å². The molecule has 0 aromatic heterocycles. The smallest absolute Gasteiger partial charge is 0.306 e. The van der Waals surface area contributed by atoms with E-state index >= 15 is 0 Å². The maximum absolute atomic E-state index is 11.8. The third-order valence-corrected chi connectivity index (χ3v) is 3.61. The number of nitrogens with one attached hydrogen (secondary N) is 1. The van der Waals surface area contributed by atoms with Crippen molar-refractivity contribution in [2.45, 2.75) is 32.2 Å². The van der Waals surface area contributed by atoms with Crippen LogP contribution in [0, 0.1) is 3.57 Å². The first kappa shape index (κ1) is 18.4. The van der Waals surface area contributed by atoms with Gasteiger partial charge in [-0.05, 0) is 47.2 Å². The molecule has 1 aromatic carbocycles. The minimum atomic E-state index is -0.797. The van der Waals surface area contributed by atoms with Gasteiger partial charge in [-0.1, -0.05) is 12.1 Å². The Morgan fingerprint density at radius 1 is 1.23 bits per heavy atom. The quantitative estimate of drug-likeness (QED) is 0.489. The second kappa shape index (κ2) is 9.39. The lowest BCUT2D eigenvalue weighted by Crippen LogP contribution is -2.45. The molecule has 7 heteroatoms. The molecule has 1 aromatic rings. The van der Waals surface area contributed by atoms with Crippen LogP contribution in [0.25, 0.3) is 0 Å². The van der Waals surface area contributed by atoms with Crippen LogP contribution in [0.5, 0.6) is 0 Å². The van der Waals surface area contributed by atoms with E-state index in [1.807, 2.05) is 24.3 Å². The number of amides is 2. The number of nitrogens with two attached hydrogens (primary N) is 1. The molecule has 0 aliphatic heterocycles. The van der Waals surface area contributed by atoms with Crippen LogP contribution in [-0.2, 0) is 25.5 Å². The number of carbonyl (C=O) groups excluding carboxylic acids is 3. The van der Waals surface area contributed by atoms with E-state index in [2.05, 4.69) is 27.9 Å². The zero-order chi connectivity index (χ0) is 16.5. The maximum Gasteiger partial charge on any atom is 0.306 e. The third kappa shape index (κ3) is 6.88. The van der Waals surface area contributed by atoms with E-state index in [0.717, 1.165) is 9.13 Å². The number of hydrogen-bond acceptors (Lipinski definition) is 4. The van der Waals surface area contributed by atoms with Crippen LogP contribution in [0.3, 0.4) is 0 Å². The Hall–Kier alpha value is -1.64. The molecule has 22 heavy (non-hydrogen) atoms. The number of carbonyl (C=O) groups is 3. The summed E-state index contributed by atoms with van der Waals surface area (Å²) >= 11 is 2.18. The summed E-state index contributed by atoms with van der Waals surface area (Å²) in [7, 11) is 0. The minimum Gasteiger partial charge on any atom is -0.466 e. The highest BCUT2D eigenvalue weighted by molar-refractivity contribution is 14.1. The first-order valence-corrected chi connectivity index (χ1v) is 7.99. The Morgan fingerprint density at radius 2 is 1.86 bits per heavy atom. The van der Waals surface area contributed by atoms with E-state index in [4.69, 9.17) is 10.5 Å². The highest BCUT2D eigenvalue weighted by atomic mass is 127. The lowest BCUT2D eigenvalue weighted by molar-refractivity contribution is -0.144. The number of halogens is 1. The molecule has 0 spiro atoms. The normalized spacial score (nSPS) is 11.5. The molecule has 1 atom stereocenters. The van der Waals surface area contributed by atoms with E-state index in [-0.39, 0.29) is 19.4 Å². The highest BCUT2D eigenvalue weighted by Crippen LogP contribution is 2.09. The molecule has 0 fully saturated rings. The highest BCUT2D eigenvalue weighted by Gasteiger charge is 2.19. The number of primary amides is 1. The maximum atomic E-state index is 11.8. The molecule has 3 N–H and O–H groups in total. The standard InChI is InChI=1S/C15H19IN2O4/c1-2-22-14(20)8-7-13(19)18-12(15(17)21)9-10-3-5-11(16)6-4-10/h3-6,12H,2,7-9H2,1H3,(H2,17,21)(H,18,19)/t12-/m0/s1. The van der Waals surface area contributed by atoms with Gasteiger partial charge in [-0.25, -0.2) is 0 Å². The van der Waals surface area contributed by atoms with Crippen molar-refractivity contribution < 1.29 is 19.1 Å². The monoisotopic (exact) mass is 418 g/mol. The summed E-state index contributed by atoms with van der Waals surface area (Å²) in [5, 5.41) is 2.55. The molecule has 0 radical (unpaired) electrons. The van der Waals surface area contributed by atoms with Gasteiger partial charge in [0.25, 0.3) is 0 Å². The van der Waals surface area contributed by atoms with Crippen LogP contribution in [0.2, 0.25) is 0 Å². The van der Waals surface area contributed by atoms with Gasteiger partial charge in [0.1, 0.15) is 6.04 Å². The van der Waals surface area contributed by atoms with Crippen molar-refractivity contribution >= 4 is 40.4 Å². The predicted molar refractivity (Wildman–Crippen MR) is 89.9 cm³/mol. The molecule has 0 bridgehead atoms. The van der Waals surface area contributed by atoms with E-state index in [0.29, 0.717) is 6.42 Å². The van der Waals surface area contributed by atoms with E-state index < -0.39 is 23.8 Å². The number of ether oxygens (including phenoxy) is 1. The van der Waals surface area contributed by atoms with Gasteiger partial charge in [-0.2, -0.15) is 0 Å². The molecule has 0 aliphatic rings. The second-order valence-corrected chi connectivity index (χ2v) is 5.90. The van der Waals surface area contributed by atoms with Gasteiger partial charge < -0.3 is 15.8 Å². The Morgan fingerprint density at radius 3 is 2.41 bits per heavy atom.